The SMILES string of the molecule is CC1(c2ccc(Oc3ccnc4[nH]c(=O)[nH]c34)cc2)NC1C(=O)c1[nH]c(C(F)(F)F)nc1-c1ccc(F)cc1. The number of H-pyrrole nitrogens is 3. The number of halogens is 4. The summed E-state index contributed by atoms with van der Waals surface area (Å²) in [5.74, 6) is -1.68. The minimum atomic E-state index is -4.81. The lowest BCUT2D eigenvalue weighted by molar-refractivity contribution is -0.144. The van der Waals surface area contributed by atoms with Gasteiger partial charge >= 0.3 is 11.9 Å². The van der Waals surface area contributed by atoms with Crippen molar-refractivity contribution >= 4 is 16.9 Å². The maximum absolute atomic E-state index is 13.4. The van der Waals surface area contributed by atoms with Crippen molar-refractivity contribution < 1.29 is 27.1 Å². The molecule has 2 unspecified atom stereocenters. The summed E-state index contributed by atoms with van der Waals surface area (Å²) in [5, 5.41) is 3.06. The summed E-state index contributed by atoms with van der Waals surface area (Å²) in [5.41, 5.74) is -0.202. The van der Waals surface area contributed by atoms with Crippen LogP contribution in [0, 0.1) is 5.82 Å². The molecule has 1 saturated heterocycles. The van der Waals surface area contributed by atoms with Crippen molar-refractivity contribution in [1.82, 2.24) is 30.2 Å². The number of carbonyl (C=O) groups is 1. The second kappa shape index (κ2) is 8.63. The molecule has 1 aliphatic rings. The monoisotopic (exact) mass is 538 g/mol. The van der Waals surface area contributed by atoms with Gasteiger partial charge in [0, 0.05) is 17.8 Å². The fourth-order valence-electron chi connectivity index (χ4n) is 4.48. The lowest BCUT2D eigenvalue weighted by Crippen LogP contribution is -2.18. The molecular weight excluding hydrogens is 520 g/mol. The predicted molar refractivity (Wildman–Crippen MR) is 131 cm³/mol. The highest BCUT2D eigenvalue weighted by molar-refractivity contribution is 6.06. The molecule has 0 amide bonds. The number of ether oxygens (including phenoxy) is 1. The summed E-state index contributed by atoms with van der Waals surface area (Å²) >= 11 is 0. The topological polar surface area (TPSA) is 138 Å². The predicted octanol–water partition coefficient (Wildman–Crippen LogP) is 4.66. The van der Waals surface area contributed by atoms with Crippen molar-refractivity contribution in [2.75, 3.05) is 0 Å². The van der Waals surface area contributed by atoms with E-state index in [0.717, 1.165) is 12.1 Å². The van der Waals surface area contributed by atoms with E-state index >= 15 is 0 Å². The molecule has 2 aromatic carbocycles. The molecule has 3 aromatic heterocycles. The lowest BCUT2D eigenvalue weighted by Gasteiger charge is -2.11. The molecule has 2 atom stereocenters. The molecule has 0 radical (unpaired) electrons. The standard InChI is InChI=1S/C26H18F4N6O3/c1-25(13-4-8-15(9-5-13)39-16-10-11-31-22-18(16)34-24(38)35-22)21(36-25)20(37)19-17(12-2-6-14(27)7-3-12)32-23(33-19)26(28,29)30/h2-11,21,36H,1H3,(H,32,33)(H2,31,34,35,38). The molecule has 0 bridgehead atoms. The number of hydrogen-bond acceptors (Lipinski definition) is 6. The summed E-state index contributed by atoms with van der Waals surface area (Å²) in [7, 11) is 0. The van der Waals surface area contributed by atoms with Gasteiger partial charge in [-0.05, 0) is 48.9 Å². The Morgan fingerprint density at radius 3 is 2.41 bits per heavy atom. The van der Waals surface area contributed by atoms with E-state index in [9.17, 15) is 27.2 Å². The van der Waals surface area contributed by atoms with Gasteiger partial charge in [0.25, 0.3) is 0 Å². The maximum Gasteiger partial charge on any atom is 0.449 e. The Morgan fingerprint density at radius 1 is 1.00 bits per heavy atom. The Hall–Kier alpha value is -4.78. The van der Waals surface area contributed by atoms with Gasteiger partial charge in [0.1, 0.15) is 22.8 Å². The number of fused-ring (bicyclic) bond motifs is 1. The zero-order chi connectivity index (χ0) is 27.5. The molecule has 5 aromatic rings. The van der Waals surface area contributed by atoms with Crippen LogP contribution in [0.5, 0.6) is 11.5 Å². The fraction of sp³-hybridized carbons (Fsp3) is 0.154. The van der Waals surface area contributed by atoms with Crippen LogP contribution in [0.2, 0.25) is 0 Å². The van der Waals surface area contributed by atoms with Crippen LogP contribution in [0.25, 0.3) is 22.4 Å². The summed E-state index contributed by atoms with van der Waals surface area (Å²) in [6.07, 6.45) is -3.32. The quantitative estimate of drug-likeness (QED) is 0.141. The number of carbonyl (C=O) groups excluding carboxylic acids is 1. The molecule has 1 fully saturated rings. The molecule has 9 nitrogen and oxygen atoms in total. The van der Waals surface area contributed by atoms with E-state index in [1.54, 1.807) is 37.3 Å². The molecule has 0 saturated carbocycles. The van der Waals surface area contributed by atoms with Gasteiger partial charge in [-0.3, -0.25) is 15.1 Å². The minimum absolute atomic E-state index is 0.171. The molecule has 6 rings (SSSR count). The van der Waals surface area contributed by atoms with Crippen molar-refractivity contribution in [3.8, 4) is 22.8 Å². The highest BCUT2D eigenvalue weighted by atomic mass is 19.4. The van der Waals surface area contributed by atoms with E-state index in [1.807, 2.05) is 0 Å². The molecule has 0 spiro atoms. The van der Waals surface area contributed by atoms with Gasteiger partial charge in [0.05, 0.1) is 17.3 Å². The zero-order valence-electron chi connectivity index (χ0n) is 20.0. The first kappa shape index (κ1) is 24.6. The number of Topliss-reactive ketones (excluding diaryl/α,β-unsaturated/α-hetero) is 1. The highest BCUT2D eigenvalue weighted by Gasteiger charge is 2.56. The fourth-order valence-corrected chi connectivity index (χ4v) is 4.48. The lowest BCUT2D eigenvalue weighted by atomic mass is 9.93. The van der Waals surface area contributed by atoms with E-state index in [-0.39, 0.29) is 17.0 Å². The van der Waals surface area contributed by atoms with E-state index in [2.05, 4.69) is 30.2 Å². The third-order valence-electron chi connectivity index (χ3n) is 6.60. The number of pyridine rings is 1. The van der Waals surface area contributed by atoms with Crippen LogP contribution in [0.3, 0.4) is 0 Å². The van der Waals surface area contributed by atoms with Crippen molar-refractivity contribution in [3.63, 3.8) is 0 Å². The number of rotatable bonds is 6. The van der Waals surface area contributed by atoms with E-state index in [4.69, 9.17) is 4.74 Å². The molecular formula is C26H18F4N6O3. The van der Waals surface area contributed by atoms with Gasteiger partial charge in [0.15, 0.2) is 17.2 Å². The smallest absolute Gasteiger partial charge is 0.449 e. The molecule has 39 heavy (non-hydrogen) atoms. The highest BCUT2D eigenvalue weighted by Crippen LogP contribution is 2.42. The second-order valence-electron chi connectivity index (χ2n) is 9.20. The number of hydrogen-bond donors (Lipinski definition) is 4. The number of aromatic nitrogens is 5. The molecule has 4 N–H and O–H groups in total. The number of imidazole rings is 2. The molecule has 0 aliphatic carbocycles. The van der Waals surface area contributed by atoms with Crippen molar-refractivity contribution in [2.24, 2.45) is 0 Å². The van der Waals surface area contributed by atoms with Crippen molar-refractivity contribution in [2.45, 2.75) is 24.7 Å². The second-order valence-corrected chi connectivity index (χ2v) is 9.20. The average molecular weight is 538 g/mol. The molecule has 13 heteroatoms. The molecule has 4 heterocycles. The maximum atomic E-state index is 13.4. The third kappa shape index (κ3) is 4.36. The number of aromatic amines is 3. The first-order valence-electron chi connectivity index (χ1n) is 11.6. The largest absolute Gasteiger partial charge is 0.455 e. The number of alkyl halides is 3. The van der Waals surface area contributed by atoms with Crippen molar-refractivity contribution in [1.29, 1.82) is 0 Å². The minimum Gasteiger partial charge on any atom is -0.455 e. The van der Waals surface area contributed by atoms with Gasteiger partial charge in [0.2, 0.25) is 5.82 Å². The van der Waals surface area contributed by atoms with Crippen LogP contribution in [0.15, 0.2) is 65.6 Å². The first-order valence-corrected chi connectivity index (χ1v) is 11.6. The Balaban J connectivity index is 1.25. The number of benzene rings is 2. The number of nitrogens with zero attached hydrogens (tertiary/aromatic N) is 2. The number of ketones is 1. The van der Waals surface area contributed by atoms with Crippen LogP contribution >= 0.6 is 0 Å². The van der Waals surface area contributed by atoms with Gasteiger partial charge in [-0.25, -0.2) is 19.2 Å². The van der Waals surface area contributed by atoms with Crippen molar-refractivity contribution in [3.05, 3.63) is 94.2 Å². The Kier molecular flexibility index (Phi) is 5.43. The zero-order valence-corrected chi connectivity index (χ0v) is 20.0. The van der Waals surface area contributed by atoms with E-state index in [0.29, 0.717) is 28.2 Å². The summed E-state index contributed by atoms with van der Waals surface area (Å²) in [4.78, 5) is 39.9. The Labute approximate surface area is 216 Å². The van der Waals surface area contributed by atoms with Crippen LogP contribution in [0.4, 0.5) is 17.6 Å². The first-order chi connectivity index (χ1) is 18.5. The number of nitrogens with one attached hydrogen (secondary N) is 4. The summed E-state index contributed by atoms with van der Waals surface area (Å²) in [6, 6.07) is 12.2. The van der Waals surface area contributed by atoms with Gasteiger partial charge in [-0.2, -0.15) is 13.2 Å². The Bertz CT molecular complexity index is 1770. The molecule has 198 valence electrons. The third-order valence-corrected chi connectivity index (χ3v) is 6.60. The van der Waals surface area contributed by atoms with Gasteiger partial charge in [-0.15, -0.1) is 0 Å². The summed E-state index contributed by atoms with van der Waals surface area (Å²) in [6.45, 7) is 1.75. The van der Waals surface area contributed by atoms with Gasteiger partial charge < -0.3 is 14.7 Å². The molecule has 1 aliphatic heterocycles. The van der Waals surface area contributed by atoms with E-state index < -0.39 is 40.9 Å². The van der Waals surface area contributed by atoms with Crippen LogP contribution in [-0.2, 0) is 11.7 Å². The van der Waals surface area contributed by atoms with E-state index in [1.165, 1.54) is 18.3 Å². The average Bonchev–Trinajstić information content (AvgIpc) is 3.22. The van der Waals surface area contributed by atoms with Crippen LogP contribution < -0.4 is 15.7 Å². The summed E-state index contributed by atoms with van der Waals surface area (Å²) < 4.78 is 59.5. The normalized spacial score (nSPS) is 18.8. The Morgan fingerprint density at radius 2 is 1.72 bits per heavy atom. The van der Waals surface area contributed by atoms with Crippen LogP contribution in [-0.4, -0.2) is 36.7 Å². The van der Waals surface area contributed by atoms with Gasteiger partial charge in [-0.1, -0.05) is 12.1 Å². The van der Waals surface area contributed by atoms with Crippen LogP contribution in [0.1, 0.15) is 28.8 Å².